The van der Waals surface area contributed by atoms with Crippen LogP contribution in [0.25, 0.3) is 0 Å². The summed E-state index contributed by atoms with van der Waals surface area (Å²) >= 11 is 0. The number of hydrogen-bond donors (Lipinski definition) is 2. The molecular formula is C13H20BNO3. The third-order valence-corrected chi connectivity index (χ3v) is 3.53. The SMILES string of the molecule is CCC1COCCN1Cc1ccccc1B(O)O. The number of rotatable bonds is 4. The van der Waals surface area contributed by atoms with E-state index < -0.39 is 7.12 Å². The highest BCUT2D eigenvalue weighted by Gasteiger charge is 2.23. The molecule has 0 amide bonds. The first kappa shape index (κ1) is 13.6. The second kappa shape index (κ2) is 6.34. The third-order valence-electron chi connectivity index (χ3n) is 3.53. The molecule has 0 saturated carbocycles. The van der Waals surface area contributed by atoms with Crippen LogP contribution >= 0.6 is 0 Å². The van der Waals surface area contributed by atoms with Gasteiger partial charge in [0.15, 0.2) is 0 Å². The molecule has 98 valence electrons. The van der Waals surface area contributed by atoms with Crippen molar-refractivity contribution >= 4 is 12.6 Å². The number of benzene rings is 1. The fraction of sp³-hybridized carbons (Fsp3) is 0.538. The Morgan fingerprint density at radius 2 is 2.17 bits per heavy atom. The summed E-state index contributed by atoms with van der Waals surface area (Å²) < 4.78 is 5.48. The number of nitrogens with zero attached hydrogens (tertiary/aromatic N) is 1. The largest absolute Gasteiger partial charge is 0.488 e. The lowest BCUT2D eigenvalue weighted by atomic mass is 9.77. The Labute approximate surface area is 108 Å². The molecule has 0 bridgehead atoms. The highest BCUT2D eigenvalue weighted by Crippen LogP contribution is 2.13. The van der Waals surface area contributed by atoms with Crippen LogP contribution in [0.3, 0.4) is 0 Å². The molecule has 0 radical (unpaired) electrons. The quantitative estimate of drug-likeness (QED) is 0.736. The van der Waals surface area contributed by atoms with E-state index in [1.54, 1.807) is 6.07 Å². The van der Waals surface area contributed by atoms with Gasteiger partial charge in [-0.25, -0.2) is 0 Å². The van der Waals surface area contributed by atoms with Crippen molar-refractivity contribution in [3.8, 4) is 0 Å². The molecule has 0 aliphatic carbocycles. The normalized spacial score (nSPS) is 20.9. The molecule has 2 N–H and O–H groups in total. The van der Waals surface area contributed by atoms with E-state index >= 15 is 0 Å². The van der Waals surface area contributed by atoms with Gasteiger partial charge in [-0.3, -0.25) is 4.90 Å². The fourth-order valence-electron chi connectivity index (χ4n) is 2.42. The standard InChI is InChI=1S/C13H20BNO3/c1-2-12-10-18-8-7-15(12)9-11-5-3-4-6-13(11)14(16)17/h3-6,12,16-17H,2,7-10H2,1H3. The summed E-state index contributed by atoms with van der Waals surface area (Å²) in [5.41, 5.74) is 1.58. The monoisotopic (exact) mass is 249 g/mol. The van der Waals surface area contributed by atoms with E-state index in [4.69, 9.17) is 4.74 Å². The first-order valence-corrected chi connectivity index (χ1v) is 6.48. The van der Waals surface area contributed by atoms with E-state index in [0.29, 0.717) is 11.5 Å². The molecule has 1 aromatic rings. The Kier molecular flexibility index (Phi) is 4.77. The summed E-state index contributed by atoms with van der Waals surface area (Å²) in [4.78, 5) is 2.35. The van der Waals surface area contributed by atoms with Crippen molar-refractivity contribution in [3.05, 3.63) is 29.8 Å². The molecule has 0 spiro atoms. The smallest absolute Gasteiger partial charge is 0.423 e. The van der Waals surface area contributed by atoms with Gasteiger partial charge >= 0.3 is 7.12 Å². The summed E-state index contributed by atoms with van der Waals surface area (Å²) in [5.74, 6) is 0. The molecule has 18 heavy (non-hydrogen) atoms. The Balaban J connectivity index is 2.12. The lowest BCUT2D eigenvalue weighted by molar-refractivity contribution is -0.0126. The maximum Gasteiger partial charge on any atom is 0.488 e. The average molecular weight is 249 g/mol. The second-order valence-electron chi connectivity index (χ2n) is 4.68. The molecule has 5 heteroatoms. The Bertz CT molecular complexity index is 386. The van der Waals surface area contributed by atoms with Gasteiger partial charge in [-0.15, -0.1) is 0 Å². The number of hydrogen-bond acceptors (Lipinski definition) is 4. The first-order chi connectivity index (χ1) is 8.72. The molecule has 4 nitrogen and oxygen atoms in total. The van der Waals surface area contributed by atoms with Crippen molar-refractivity contribution in [2.24, 2.45) is 0 Å². The van der Waals surface area contributed by atoms with Crippen molar-refractivity contribution < 1.29 is 14.8 Å². The van der Waals surface area contributed by atoms with Crippen molar-refractivity contribution in [2.75, 3.05) is 19.8 Å². The Morgan fingerprint density at radius 3 is 2.89 bits per heavy atom. The van der Waals surface area contributed by atoms with E-state index in [2.05, 4.69) is 11.8 Å². The van der Waals surface area contributed by atoms with Gasteiger partial charge in [-0.2, -0.15) is 0 Å². The van der Waals surface area contributed by atoms with Crippen molar-refractivity contribution in [3.63, 3.8) is 0 Å². The summed E-state index contributed by atoms with van der Waals surface area (Å²) in [5, 5.41) is 18.7. The van der Waals surface area contributed by atoms with Crippen LogP contribution in [-0.2, 0) is 11.3 Å². The van der Waals surface area contributed by atoms with Gasteiger partial charge < -0.3 is 14.8 Å². The molecule has 1 unspecified atom stereocenters. The molecule has 1 aliphatic rings. The lowest BCUT2D eigenvalue weighted by Gasteiger charge is -2.35. The molecule has 1 atom stereocenters. The minimum atomic E-state index is -1.40. The molecular weight excluding hydrogens is 229 g/mol. The maximum atomic E-state index is 9.37. The van der Waals surface area contributed by atoms with Crippen molar-refractivity contribution in [1.82, 2.24) is 4.90 Å². The first-order valence-electron chi connectivity index (χ1n) is 6.48. The Morgan fingerprint density at radius 1 is 1.39 bits per heavy atom. The van der Waals surface area contributed by atoms with Gasteiger partial charge in [0.1, 0.15) is 0 Å². The molecule has 1 fully saturated rings. The molecule has 1 saturated heterocycles. The van der Waals surface area contributed by atoms with Gasteiger partial charge in [0.2, 0.25) is 0 Å². The van der Waals surface area contributed by atoms with E-state index in [-0.39, 0.29) is 0 Å². The van der Waals surface area contributed by atoms with E-state index in [1.165, 1.54) is 0 Å². The van der Waals surface area contributed by atoms with Crippen LogP contribution in [0.4, 0.5) is 0 Å². The molecule has 2 rings (SSSR count). The number of morpholine rings is 1. The van der Waals surface area contributed by atoms with Gasteiger partial charge in [-0.05, 0) is 17.4 Å². The summed E-state index contributed by atoms with van der Waals surface area (Å²) in [6.45, 7) is 5.31. The summed E-state index contributed by atoms with van der Waals surface area (Å²) in [6, 6.07) is 7.90. The zero-order valence-electron chi connectivity index (χ0n) is 10.7. The molecule has 1 aromatic carbocycles. The van der Waals surface area contributed by atoms with Crippen LogP contribution in [0, 0.1) is 0 Å². The van der Waals surface area contributed by atoms with Gasteiger partial charge in [0.05, 0.1) is 13.2 Å². The topological polar surface area (TPSA) is 52.9 Å². The van der Waals surface area contributed by atoms with Crippen LogP contribution in [-0.4, -0.2) is 47.9 Å². The van der Waals surface area contributed by atoms with Crippen LogP contribution < -0.4 is 5.46 Å². The van der Waals surface area contributed by atoms with Crippen molar-refractivity contribution in [2.45, 2.75) is 25.9 Å². The third kappa shape index (κ3) is 3.11. The van der Waals surface area contributed by atoms with Gasteiger partial charge in [0.25, 0.3) is 0 Å². The Hall–Kier alpha value is -0.875. The van der Waals surface area contributed by atoms with Gasteiger partial charge in [0, 0.05) is 19.1 Å². The van der Waals surface area contributed by atoms with Crippen LogP contribution in [0.15, 0.2) is 24.3 Å². The van der Waals surface area contributed by atoms with E-state index in [1.807, 2.05) is 18.2 Å². The second-order valence-corrected chi connectivity index (χ2v) is 4.68. The minimum Gasteiger partial charge on any atom is -0.423 e. The van der Waals surface area contributed by atoms with Crippen LogP contribution in [0.2, 0.25) is 0 Å². The van der Waals surface area contributed by atoms with Crippen LogP contribution in [0.5, 0.6) is 0 Å². The van der Waals surface area contributed by atoms with E-state index in [0.717, 1.165) is 38.3 Å². The highest BCUT2D eigenvalue weighted by atomic mass is 16.5. The van der Waals surface area contributed by atoms with E-state index in [9.17, 15) is 10.0 Å². The zero-order chi connectivity index (χ0) is 13.0. The van der Waals surface area contributed by atoms with Crippen molar-refractivity contribution in [1.29, 1.82) is 0 Å². The summed E-state index contributed by atoms with van der Waals surface area (Å²) in [7, 11) is -1.40. The molecule has 0 aromatic heterocycles. The predicted molar refractivity (Wildman–Crippen MR) is 71.6 cm³/mol. The van der Waals surface area contributed by atoms with Crippen LogP contribution in [0.1, 0.15) is 18.9 Å². The van der Waals surface area contributed by atoms with Gasteiger partial charge in [-0.1, -0.05) is 31.2 Å². The minimum absolute atomic E-state index is 0.419. The molecule has 1 heterocycles. The predicted octanol–water partition coefficient (Wildman–Crippen LogP) is -0.0228. The highest BCUT2D eigenvalue weighted by molar-refractivity contribution is 6.59. The maximum absolute atomic E-state index is 9.37. The zero-order valence-corrected chi connectivity index (χ0v) is 10.7. The lowest BCUT2D eigenvalue weighted by Crippen LogP contribution is -2.46. The summed E-state index contributed by atoms with van der Waals surface area (Å²) in [6.07, 6.45) is 1.05. The fourth-order valence-corrected chi connectivity index (χ4v) is 2.42. The average Bonchev–Trinajstić information content (AvgIpc) is 2.40. The number of ether oxygens (including phenoxy) is 1. The molecule has 1 aliphatic heterocycles.